The van der Waals surface area contributed by atoms with Crippen LogP contribution in [0.15, 0.2) is 47.6 Å². The van der Waals surface area contributed by atoms with Gasteiger partial charge < -0.3 is 9.84 Å². The smallest absolute Gasteiger partial charge is 0.247 e. The minimum absolute atomic E-state index is 0.0190. The number of hydrogen-bond acceptors (Lipinski definition) is 7. The van der Waals surface area contributed by atoms with Gasteiger partial charge in [0.25, 0.3) is 0 Å². The lowest BCUT2D eigenvalue weighted by Gasteiger charge is -2.37. The van der Waals surface area contributed by atoms with Gasteiger partial charge in [0, 0.05) is 37.9 Å². The van der Waals surface area contributed by atoms with Crippen LogP contribution in [0, 0.1) is 5.92 Å². The molecule has 3 atom stereocenters. The fraction of sp³-hybridized carbons (Fsp3) is 0.476. The average molecular weight is 484 g/mol. The Kier molecular flexibility index (Phi) is 7.25. The van der Waals surface area contributed by atoms with E-state index in [4.69, 9.17) is 4.74 Å². The molecule has 1 aliphatic heterocycles. The summed E-state index contributed by atoms with van der Waals surface area (Å²) in [5, 5.41) is 9.70. The summed E-state index contributed by atoms with van der Waals surface area (Å²) in [6.07, 6.45) is 3.78. The minimum atomic E-state index is -3.96. The van der Waals surface area contributed by atoms with E-state index < -0.39 is 32.2 Å². The van der Waals surface area contributed by atoms with E-state index in [0.29, 0.717) is 0 Å². The van der Waals surface area contributed by atoms with E-state index in [-0.39, 0.29) is 36.3 Å². The highest BCUT2D eigenvalue weighted by molar-refractivity contribution is 7.89. The van der Waals surface area contributed by atoms with Gasteiger partial charge in [-0.05, 0) is 42.3 Å². The number of rotatable bonds is 6. The highest BCUT2D eigenvalue weighted by Gasteiger charge is 2.38. The van der Waals surface area contributed by atoms with Crippen molar-refractivity contribution in [2.24, 2.45) is 5.92 Å². The van der Waals surface area contributed by atoms with Crippen molar-refractivity contribution in [3.8, 4) is 16.9 Å². The number of aromatic nitrogens is 1. The van der Waals surface area contributed by atoms with E-state index >= 15 is 0 Å². The minimum Gasteiger partial charge on any atom is -0.487 e. The summed E-state index contributed by atoms with van der Waals surface area (Å²) in [6, 6.07) is 7.79. The number of likely N-dealkylation sites (N-methyl/N-ethyl adjacent to an activating group) is 1. The lowest BCUT2D eigenvalue weighted by atomic mass is 10.0. The first-order valence-electron chi connectivity index (χ1n) is 10.2. The third-order valence-corrected chi connectivity index (χ3v) is 8.98. The lowest BCUT2D eigenvalue weighted by molar-refractivity contribution is 0.0906. The normalized spacial score (nSPS) is 22.4. The molecular weight excluding hydrogens is 454 g/mol. The van der Waals surface area contributed by atoms with E-state index in [1.54, 1.807) is 43.6 Å². The molecule has 0 amide bonds. The molecule has 32 heavy (non-hydrogen) atoms. The molecule has 2 heterocycles. The molecular formula is C21H29N3O6S2. The second kappa shape index (κ2) is 9.44. The molecule has 3 rings (SSSR count). The van der Waals surface area contributed by atoms with Gasteiger partial charge in [0.2, 0.25) is 20.0 Å². The van der Waals surface area contributed by atoms with E-state index in [1.165, 1.54) is 21.7 Å². The van der Waals surface area contributed by atoms with E-state index in [2.05, 4.69) is 4.98 Å². The van der Waals surface area contributed by atoms with E-state index in [0.717, 1.165) is 17.4 Å². The van der Waals surface area contributed by atoms with Crippen LogP contribution < -0.4 is 4.74 Å². The molecule has 1 aromatic heterocycles. The molecule has 0 spiro atoms. The standard InChI is InChI=1S/C21H29N3O6S2/c1-15-12-24(16(2)14-25)32(28,29)21-6-5-18(17-7-9-22-10-8-17)11-19(21)30-20(15)13-23(3)31(4,26)27/h5-11,15-16,20,25H,12-14H2,1-4H3/t15-,16+,20-/m1/s1. The Bertz CT molecular complexity index is 1160. The van der Waals surface area contributed by atoms with Crippen LogP contribution in [0.4, 0.5) is 0 Å². The monoisotopic (exact) mass is 483 g/mol. The summed E-state index contributed by atoms with van der Waals surface area (Å²) >= 11 is 0. The van der Waals surface area contributed by atoms with Crippen molar-refractivity contribution < 1.29 is 26.7 Å². The van der Waals surface area contributed by atoms with Gasteiger partial charge in [-0.2, -0.15) is 4.31 Å². The maximum atomic E-state index is 13.5. The Hall–Kier alpha value is -2.05. The summed E-state index contributed by atoms with van der Waals surface area (Å²) in [4.78, 5) is 3.99. The van der Waals surface area contributed by atoms with Crippen LogP contribution in [0.2, 0.25) is 0 Å². The van der Waals surface area contributed by atoms with Crippen LogP contribution in [-0.2, 0) is 20.0 Å². The van der Waals surface area contributed by atoms with Crippen LogP contribution in [0.25, 0.3) is 11.1 Å². The molecule has 1 N–H and O–H groups in total. The second-order valence-electron chi connectivity index (χ2n) is 8.18. The molecule has 2 aromatic rings. The van der Waals surface area contributed by atoms with Crippen molar-refractivity contribution in [3.05, 3.63) is 42.7 Å². The molecule has 9 nitrogen and oxygen atoms in total. The Morgan fingerprint density at radius 2 is 1.91 bits per heavy atom. The van der Waals surface area contributed by atoms with Gasteiger partial charge in [0.05, 0.1) is 19.4 Å². The molecule has 0 aliphatic carbocycles. The first-order chi connectivity index (χ1) is 14.9. The van der Waals surface area contributed by atoms with Crippen molar-refractivity contribution >= 4 is 20.0 Å². The molecule has 0 radical (unpaired) electrons. The van der Waals surface area contributed by atoms with Crippen LogP contribution in [0.5, 0.6) is 5.75 Å². The Morgan fingerprint density at radius 3 is 2.50 bits per heavy atom. The number of fused-ring (bicyclic) bond motifs is 1. The molecule has 0 bridgehead atoms. The lowest BCUT2D eigenvalue weighted by Crippen LogP contribution is -2.50. The van der Waals surface area contributed by atoms with Gasteiger partial charge in [-0.25, -0.2) is 21.1 Å². The van der Waals surface area contributed by atoms with E-state index in [1.807, 2.05) is 6.92 Å². The van der Waals surface area contributed by atoms with Crippen LogP contribution in [0.1, 0.15) is 13.8 Å². The molecule has 1 aliphatic rings. The predicted octanol–water partition coefficient (Wildman–Crippen LogP) is 1.41. The third-order valence-electron chi connectivity index (χ3n) is 5.68. The summed E-state index contributed by atoms with van der Waals surface area (Å²) in [6.45, 7) is 3.24. The zero-order valence-electron chi connectivity index (χ0n) is 18.5. The predicted molar refractivity (Wildman–Crippen MR) is 121 cm³/mol. The van der Waals surface area contributed by atoms with Crippen molar-refractivity contribution in [2.45, 2.75) is 30.9 Å². The summed E-state index contributed by atoms with van der Waals surface area (Å²) in [5.74, 6) is -0.200. The number of hydrogen-bond donors (Lipinski definition) is 1. The molecule has 11 heteroatoms. The van der Waals surface area contributed by atoms with Crippen molar-refractivity contribution in [1.82, 2.24) is 13.6 Å². The number of aliphatic hydroxyl groups excluding tert-OH is 1. The van der Waals surface area contributed by atoms with E-state index in [9.17, 15) is 21.9 Å². The second-order valence-corrected chi connectivity index (χ2v) is 12.1. The van der Waals surface area contributed by atoms with Crippen LogP contribution >= 0.6 is 0 Å². The Balaban J connectivity index is 2.14. The number of aliphatic hydroxyl groups is 1. The average Bonchev–Trinajstić information content (AvgIpc) is 2.75. The number of benzene rings is 1. The molecule has 0 fully saturated rings. The first kappa shape index (κ1) is 24.6. The van der Waals surface area contributed by atoms with Gasteiger partial charge in [0.15, 0.2) is 0 Å². The largest absolute Gasteiger partial charge is 0.487 e. The zero-order valence-corrected chi connectivity index (χ0v) is 20.2. The summed E-state index contributed by atoms with van der Waals surface area (Å²) in [5.41, 5.74) is 1.58. The summed E-state index contributed by atoms with van der Waals surface area (Å²) in [7, 11) is -5.96. The molecule has 1 aromatic carbocycles. The van der Waals surface area contributed by atoms with Crippen LogP contribution in [0.3, 0.4) is 0 Å². The maximum absolute atomic E-state index is 13.5. The molecule has 0 saturated heterocycles. The number of nitrogens with zero attached hydrogens (tertiary/aromatic N) is 3. The number of ether oxygens (including phenoxy) is 1. The van der Waals surface area contributed by atoms with Gasteiger partial charge in [-0.3, -0.25) is 4.98 Å². The molecule has 0 unspecified atom stereocenters. The fourth-order valence-electron chi connectivity index (χ4n) is 3.56. The molecule has 176 valence electrons. The fourth-order valence-corrected chi connectivity index (χ4v) is 5.80. The van der Waals surface area contributed by atoms with Crippen molar-refractivity contribution in [3.63, 3.8) is 0 Å². The maximum Gasteiger partial charge on any atom is 0.247 e. The number of sulfonamides is 2. The quantitative estimate of drug-likeness (QED) is 0.660. The number of pyridine rings is 1. The zero-order chi connectivity index (χ0) is 23.7. The Labute approximate surface area is 189 Å². The first-order valence-corrected chi connectivity index (χ1v) is 13.5. The van der Waals surface area contributed by atoms with Gasteiger partial charge in [-0.15, -0.1) is 0 Å². The van der Waals surface area contributed by atoms with Gasteiger partial charge >= 0.3 is 0 Å². The van der Waals surface area contributed by atoms with Gasteiger partial charge in [-0.1, -0.05) is 13.0 Å². The molecule has 0 saturated carbocycles. The topological polar surface area (TPSA) is 117 Å². The highest BCUT2D eigenvalue weighted by atomic mass is 32.2. The highest BCUT2D eigenvalue weighted by Crippen LogP contribution is 2.36. The van der Waals surface area contributed by atoms with Crippen molar-refractivity contribution in [1.29, 1.82) is 0 Å². The van der Waals surface area contributed by atoms with Crippen molar-refractivity contribution in [2.75, 3.05) is 33.0 Å². The van der Waals surface area contributed by atoms with Gasteiger partial charge in [0.1, 0.15) is 16.7 Å². The SMILES string of the molecule is C[C@@H]1CN([C@@H](C)CO)S(=O)(=O)c2ccc(-c3ccncc3)cc2O[C@@H]1CN(C)S(C)(=O)=O. The van der Waals surface area contributed by atoms with Crippen LogP contribution in [-0.4, -0.2) is 80.7 Å². The Morgan fingerprint density at radius 1 is 1.25 bits per heavy atom. The summed E-state index contributed by atoms with van der Waals surface area (Å²) < 4.78 is 59.6. The third kappa shape index (κ3) is 5.12.